The molecule has 0 radical (unpaired) electrons. The number of carbonyl (C=O) groups is 1. The highest BCUT2D eigenvalue weighted by Gasteiger charge is 2.27. The Kier molecular flexibility index (Phi) is 9.65. The fourth-order valence-corrected chi connectivity index (χ4v) is 5.13. The Morgan fingerprint density at radius 1 is 0.878 bits per heavy atom. The number of benzene rings is 3. The largest absolute Gasteiger partial charge is 0.486 e. The molecular weight excluding hydrogens is 512 g/mol. The summed E-state index contributed by atoms with van der Waals surface area (Å²) in [5.74, 6) is 1.75. The van der Waals surface area contributed by atoms with E-state index in [1.54, 1.807) is 0 Å². The van der Waals surface area contributed by atoms with Gasteiger partial charge < -0.3 is 19.5 Å². The lowest BCUT2D eigenvalue weighted by Crippen LogP contribution is -2.34. The third-order valence-electron chi connectivity index (χ3n) is 7.29. The lowest BCUT2D eigenvalue weighted by atomic mass is 9.98. The van der Waals surface area contributed by atoms with E-state index in [9.17, 15) is 4.79 Å². The summed E-state index contributed by atoms with van der Waals surface area (Å²) in [5.41, 5.74) is 5.00. The zero-order chi connectivity index (χ0) is 28.4. The molecule has 3 aromatic carbocycles. The first-order valence-corrected chi connectivity index (χ1v) is 14.5. The van der Waals surface area contributed by atoms with Crippen molar-refractivity contribution in [2.24, 2.45) is 0 Å². The fraction of sp³-hybridized carbons (Fsp3) is 0.314. The summed E-state index contributed by atoms with van der Waals surface area (Å²) in [7, 11) is 0. The smallest absolute Gasteiger partial charge is 0.342 e. The van der Waals surface area contributed by atoms with Crippen LogP contribution in [0.4, 0.5) is 0 Å². The van der Waals surface area contributed by atoms with E-state index in [1.807, 2.05) is 85.8 Å². The summed E-state index contributed by atoms with van der Waals surface area (Å²) < 4.78 is 18.5. The molecule has 1 aliphatic heterocycles. The molecule has 0 amide bonds. The summed E-state index contributed by atoms with van der Waals surface area (Å²) in [5, 5.41) is 3.33. The van der Waals surface area contributed by atoms with Crippen LogP contribution in [-0.2, 0) is 24.2 Å². The first-order valence-electron chi connectivity index (χ1n) is 14.5. The van der Waals surface area contributed by atoms with Gasteiger partial charge in [-0.25, -0.2) is 4.79 Å². The molecule has 1 aliphatic rings. The van der Waals surface area contributed by atoms with Gasteiger partial charge in [0.15, 0.2) is 5.75 Å². The lowest BCUT2D eigenvalue weighted by molar-refractivity contribution is 0.0223. The fourth-order valence-electron chi connectivity index (χ4n) is 5.13. The number of rotatable bonds is 11. The quantitative estimate of drug-likeness (QED) is 0.199. The van der Waals surface area contributed by atoms with Crippen LogP contribution >= 0.6 is 0 Å². The van der Waals surface area contributed by atoms with Gasteiger partial charge in [0.1, 0.15) is 29.8 Å². The second-order valence-corrected chi connectivity index (χ2v) is 10.5. The van der Waals surface area contributed by atoms with Crippen LogP contribution in [-0.4, -0.2) is 30.1 Å². The molecule has 1 aromatic heterocycles. The summed E-state index contributed by atoms with van der Waals surface area (Å²) in [6.07, 6.45) is 3.63. The van der Waals surface area contributed by atoms with E-state index in [0.717, 1.165) is 71.9 Å². The summed E-state index contributed by atoms with van der Waals surface area (Å²) in [6.45, 7) is 6.11. The molecule has 0 spiro atoms. The minimum atomic E-state index is -0.334. The molecule has 6 heteroatoms. The van der Waals surface area contributed by atoms with Gasteiger partial charge in [0.05, 0.1) is 5.69 Å². The molecular formula is C35H38N2O4. The number of carbonyl (C=O) groups excluding carboxylic acids is 1. The number of hydrogen-bond donors (Lipinski definition) is 1. The average molecular weight is 551 g/mol. The van der Waals surface area contributed by atoms with Crippen molar-refractivity contribution in [3.63, 3.8) is 0 Å². The van der Waals surface area contributed by atoms with Crippen LogP contribution in [0.15, 0.2) is 84.9 Å². The first kappa shape index (κ1) is 28.4. The molecule has 0 unspecified atom stereocenters. The van der Waals surface area contributed by atoms with Crippen LogP contribution < -0.4 is 14.8 Å². The van der Waals surface area contributed by atoms with E-state index in [-0.39, 0.29) is 12.1 Å². The zero-order valence-corrected chi connectivity index (χ0v) is 23.9. The van der Waals surface area contributed by atoms with Crippen molar-refractivity contribution >= 4 is 5.97 Å². The molecule has 0 bridgehead atoms. The van der Waals surface area contributed by atoms with Crippen molar-refractivity contribution in [2.75, 3.05) is 13.1 Å². The number of aryl methyl sites for hydroxylation is 1. The van der Waals surface area contributed by atoms with E-state index in [1.165, 1.54) is 0 Å². The maximum Gasteiger partial charge on any atom is 0.342 e. The molecule has 0 saturated carbocycles. The molecule has 1 N–H and O–H groups in total. The van der Waals surface area contributed by atoms with E-state index in [4.69, 9.17) is 19.2 Å². The van der Waals surface area contributed by atoms with Crippen molar-refractivity contribution in [1.82, 2.24) is 10.3 Å². The molecule has 5 rings (SSSR count). The van der Waals surface area contributed by atoms with Crippen molar-refractivity contribution in [2.45, 2.75) is 58.7 Å². The van der Waals surface area contributed by atoms with Gasteiger partial charge in [0.2, 0.25) is 0 Å². The van der Waals surface area contributed by atoms with Gasteiger partial charge in [-0.05, 0) is 80.2 Å². The minimum absolute atomic E-state index is 0.108. The highest BCUT2D eigenvalue weighted by Crippen LogP contribution is 2.33. The Morgan fingerprint density at radius 2 is 1.56 bits per heavy atom. The standard InChI is InChI=1S/C35H38N2O4/c1-3-11-31-34(39-24-26-12-6-4-7-13-26)33(35(38)41-29-18-20-36-21-19-29)25(2)32(37-31)23-27-14-10-17-30(22-27)40-28-15-8-5-9-16-28/h4-10,12-17,22,29,36H,3,11,18-21,23-24H2,1-2H3. The van der Waals surface area contributed by atoms with Gasteiger partial charge in [-0.15, -0.1) is 0 Å². The Hall–Kier alpha value is -4.16. The van der Waals surface area contributed by atoms with Gasteiger partial charge in [-0.3, -0.25) is 4.98 Å². The van der Waals surface area contributed by atoms with Crippen molar-refractivity contribution in [3.05, 3.63) is 119 Å². The van der Waals surface area contributed by atoms with Gasteiger partial charge in [-0.2, -0.15) is 0 Å². The maximum absolute atomic E-state index is 13.8. The average Bonchev–Trinajstić information content (AvgIpc) is 2.99. The predicted molar refractivity (Wildman–Crippen MR) is 161 cm³/mol. The third kappa shape index (κ3) is 7.53. The molecule has 2 heterocycles. The number of pyridine rings is 1. The first-order chi connectivity index (χ1) is 20.1. The Labute approximate surface area is 242 Å². The molecule has 212 valence electrons. The van der Waals surface area contributed by atoms with E-state index in [0.29, 0.717) is 30.8 Å². The number of nitrogens with one attached hydrogen (secondary N) is 1. The molecule has 0 aliphatic carbocycles. The van der Waals surface area contributed by atoms with E-state index in [2.05, 4.69) is 18.3 Å². The van der Waals surface area contributed by atoms with Crippen LogP contribution in [0.5, 0.6) is 17.2 Å². The Morgan fingerprint density at radius 3 is 2.29 bits per heavy atom. The van der Waals surface area contributed by atoms with Crippen molar-refractivity contribution in [1.29, 1.82) is 0 Å². The van der Waals surface area contributed by atoms with Crippen LogP contribution in [0.25, 0.3) is 0 Å². The van der Waals surface area contributed by atoms with Crippen LogP contribution in [0.2, 0.25) is 0 Å². The second-order valence-electron chi connectivity index (χ2n) is 10.5. The van der Waals surface area contributed by atoms with Crippen LogP contribution in [0.1, 0.15) is 64.6 Å². The predicted octanol–water partition coefficient (Wildman–Crippen LogP) is 7.21. The van der Waals surface area contributed by atoms with Gasteiger partial charge in [-0.1, -0.05) is 74.0 Å². The SMILES string of the molecule is CCCc1nc(Cc2cccc(Oc3ccccc3)c2)c(C)c(C(=O)OC2CCNCC2)c1OCc1ccccc1. The molecule has 41 heavy (non-hydrogen) atoms. The highest BCUT2D eigenvalue weighted by molar-refractivity contribution is 5.95. The van der Waals surface area contributed by atoms with Crippen molar-refractivity contribution < 1.29 is 19.0 Å². The van der Waals surface area contributed by atoms with Crippen LogP contribution in [0, 0.1) is 6.92 Å². The second kappa shape index (κ2) is 14.0. The molecule has 0 atom stereocenters. The minimum Gasteiger partial charge on any atom is -0.486 e. The van der Waals surface area contributed by atoms with Gasteiger partial charge in [0.25, 0.3) is 0 Å². The van der Waals surface area contributed by atoms with E-state index < -0.39 is 0 Å². The summed E-state index contributed by atoms with van der Waals surface area (Å²) in [6, 6.07) is 27.8. The van der Waals surface area contributed by atoms with E-state index >= 15 is 0 Å². The zero-order valence-electron chi connectivity index (χ0n) is 23.9. The lowest BCUT2D eigenvalue weighted by Gasteiger charge is -2.25. The highest BCUT2D eigenvalue weighted by atomic mass is 16.5. The number of ether oxygens (including phenoxy) is 3. The number of nitrogens with zero attached hydrogens (tertiary/aromatic N) is 1. The number of piperidine rings is 1. The topological polar surface area (TPSA) is 69.7 Å². The van der Waals surface area contributed by atoms with Crippen LogP contribution in [0.3, 0.4) is 0 Å². The summed E-state index contributed by atoms with van der Waals surface area (Å²) in [4.78, 5) is 18.9. The van der Waals surface area contributed by atoms with Crippen molar-refractivity contribution in [3.8, 4) is 17.2 Å². The number of hydrogen-bond acceptors (Lipinski definition) is 6. The monoisotopic (exact) mass is 550 g/mol. The third-order valence-corrected chi connectivity index (χ3v) is 7.29. The number of aromatic nitrogens is 1. The number of para-hydroxylation sites is 1. The van der Waals surface area contributed by atoms with Gasteiger partial charge in [0, 0.05) is 12.1 Å². The molecule has 1 saturated heterocycles. The summed E-state index contributed by atoms with van der Waals surface area (Å²) >= 11 is 0. The Balaban J connectivity index is 1.48. The Bertz CT molecular complexity index is 1430. The molecule has 6 nitrogen and oxygen atoms in total. The van der Waals surface area contributed by atoms with Gasteiger partial charge >= 0.3 is 5.97 Å². The molecule has 4 aromatic rings. The molecule has 1 fully saturated rings. The number of esters is 1. The maximum atomic E-state index is 13.8. The normalized spacial score (nSPS) is 13.5.